The fraction of sp³-hybridized carbons (Fsp3) is 1.00. The van der Waals surface area contributed by atoms with Crippen molar-refractivity contribution < 1.29 is 0 Å². The van der Waals surface area contributed by atoms with Crippen LogP contribution in [0.1, 0.15) is 46.5 Å². The summed E-state index contributed by atoms with van der Waals surface area (Å²) in [5, 5.41) is 3.45. The number of nitrogens with zero attached hydrogens (tertiary/aromatic N) is 1. The molecule has 0 heterocycles. The molecule has 0 aromatic heterocycles. The third-order valence-electron chi connectivity index (χ3n) is 3.47. The lowest BCUT2D eigenvalue weighted by molar-refractivity contribution is 0.211. The van der Waals surface area contributed by atoms with Gasteiger partial charge in [0, 0.05) is 18.6 Å². The normalized spacial score (nSPS) is 18.8. The summed E-state index contributed by atoms with van der Waals surface area (Å²) < 4.78 is 0. The molecule has 2 nitrogen and oxygen atoms in total. The maximum Gasteiger partial charge on any atom is 0.0215 e. The van der Waals surface area contributed by atoms with Crippen LogP contribution < -0.4 is 5.32 Å². The Morgan fingerprint density at radius 3 is 2.40 bits per heavy atom. The first-order valence-electron chi connectivity index (χ1n) is 6.60. The molecule has 0 aromatic rings. The molecule has 1 aliphatic rings. The molecule has 1 aliphatic carbocycles. The molecule has 1 rings (SSSR count). The van der Waals surface area contributed by atoms with E-state index in [1.54, 1.807) is 0 Å². The average Bonchev–Trinajstić information content (AvgIpc) is 3.01. The van der Waals surface area contributed by atoms with Crippen molar-refractivity contribution >= 4 is 0 Å². The number of rotatable bonds is 8. The third-order valence-corrected chi connectivity index (χ3v) is 3.47. The van der Waals surface area contributed by atoms with Crippen molar-refractivity contribution in [2.24, 2.45) is 5.92 Å². The van der Waals surface area contributed by atoms with E-state index in [0.29, 0.717) is 6.04 Å². The van der Waals surface area contributed by atoms with Crippen LogP contribution in [0.3, 0.4) is 0 Å². The molecule has 0 spiro atoms. The molecule has 1 fully saturated rings. The molecular formula is C13H28N2. The van der Waals surface area contributed by atoms with Crippen LogP contribution in [0.4, 0.5) is 0 Å². The second kappa shape index (κ2) is 6.49. The minimum Gasteiger partial charge on any atom is -0.315 e. The van der Waals surface area contributed by atoms with E-state index in [4.69, 9.17) is 0 Å². The Bertz CT molecular complexity index is 164. The first-order chi connectivity index (χ1) is 7.19. The van der Waals surface area contributed by atoms with Crippen molar-refractivity contribution in [3.05, 3.63) is 0 Å². The summed E-state index contributed by atoms with van der Waals surface area (Å²) in [5.41, 5.74) is 0. The summed E-state index contributed by atoms with van der Waals surface area (Å²) >= 11 is 0. The van der Waals surface area contributed by atoms with Gasteiger partial charge < -0.3 is 5.32 Å². The molecule has 90 valence electrons. The van der Waals surface area contributed by atoms with Gasteiger partial charge in [-0.05, 0) is 38.8 Å². The largest absolute Gasteiger partial charge is 0.315 e. The summed E-state index contributed by atoms with van der Waals surface area (Å²) in [6, 6.07) is 1.56. The van der Waals surface area contributed by atoms with Gasteiger partial charge in [0.05, 0.1) is 0 Å². The van der Waals surface area contributed by atoms with Gasteiger partial charge in [0.1, 0.15) is 0 Å². The monoisotopic (exact) mass is 212 g/mol. The maximum atomic E-state index is 3.45. The zero-order chi connectivity index (χ0) is 11.3. The zero-order valence-corrected chi connectivity index (χ0v) is 10.9. The van der Waals surface area contributed by atoms with Crippen LogP contribution in [-0.4, -0.2) is 37.1 Å². The minimum atomic E-state index is 0.655. The van der Waals surface area contributed by atoms with Gasteiger partial charge in [0.15, 0.2) is 0 Å². The summed E-state index contributed by atoms with van der Waals surface area (Å²) in [4.78, 5) is 2.70. The van der Waals surface area contributed by atoms with Gasteiger partial charge in [0.2, 0.25) is 0 Å². The van der Waals surface area contributed by atoms with Crippen LogP contribution in [0.25, 0.3) is 0 Å². The molecule has 0 aliphatic heterocycles. The lowest BCUT2D eigenvalue weighted by Crippen LogP contribution is -2.43. The van der Waals surface area contributed by atoms with Crippen LogP contribution in [-0.2, 0) is 0 Å². The van der Waals surface area contributed by atoms with Gasteiger partial charge in [-0.15, -0.1) is 0 Å². The van der Waals surface area contributed by atoms with Crippen LogP contribution in [0.2, 0.25) is 0 Å². The van der Waals surface area contributed by atoms with Crippen LogP contribution >= 0.6 is 0 Å². The SMILES string of the molecule is CCCCN(CC(NC)C(C)C)C1CC1. The predicted molar refractivity (Wildman–Crippen MR) is 67.2 cm³/mol. The molecule has 0 aromatic carbocycles. The van der Waals surface area contributed by atoms with Gasteiger partial charge in [-0.1, -0.05) is 27.2 Å². The highest BCUT2D eigenvalue weighted by atomic mass is 15.2. The van der Waals surface area contributed by atoms with E-state index >= 15 is 0 Å². The van der Waals surface area contributed by atoms with E-state index < -0.39 is 0 Å². The van der Waals surface area contributed by atoms with Crippen molar-refractivity contribution in [2.45, 2.75) is 58.5 Å². The number of nitrogens with one attached hydrogen (secondary N) is 1. The zero-order valence-electron chi connectivity index (χ0n) is 10.9. The average molecular weight is 212 g/mol. The molecule has 1 saturated carbocycles. The smallest absolute Gasteiger partial charge is 0.0215 e. The number of hydrogen-bond donors (Lipinski definition) is 1. The second-order valence-electron chi connectivity index (χ2n) is 5.22. The van der Waals surface area contributed by atoms with E-state index in [1.165, 1.54) is 38.8 Å². The highest BCUT2D eigenvalue weighted by molar-refractivity contribution is 4.87. The Labute approximate surface area is 95.4 Å². The third kappa shape index (κ3) is 4.52. The van der Waals surface area contributed by atoms with Crippen molar-refractivity contribution in [1.29, 1.82) is 0 Å². The highest BCUT2D eigenvalue weighted by Crippen LogP contribution is 2.27. The molecule has 1 unspecified atom stereocenters. The molecule has 0 amide bonds. The molecule has 1 atom stereocenters. The highest BCUT2D eigenvalue weighted by Gasteiger charge is 2.30. The van der Waals surface area contributed by atoms with Gasteiger partial charge in [-0.3, -0.25) is 4.90 Å². The van der Waals surface area contributed by atoms with Crippen LogP contribution in [0, 0.1) is 5.92 Å². The number of hydrogen-bond acceptors (Lipinski definition) is 2. The first kappa shape index (κ1) is 13.0. The lowest BCUT2D eigenvalue weighted by Gasteiger charge is -2.29. The topological polar surface area (TPSA) is 15.3 Å². The van der Waals surface area contributed by atoms with Gasteiger partial charge in [-0.2, -0.15) is 0 Å². The van der Waals surface area contributed by atoms with E-state index in [0.717, 1.165) is 12.0 Å². The predicted octanol–water partition coefficient (Wildman–Crippen LogP) is 2.49. The summed E-state index contributed by atoms with van der Waals surface area (Å²) in [6.45, 7) is 9.44. The maximum absolute atomic E-state index is 3.45. The van der Waals surface area contributed by atoms with Crippen molar-refractivity contribution in [1.82, 2.24) is 10.2 Å². The van der Waals surface area contributed by atoms with Gasteiger partial charge in [-0.25, -0.2) is 0 Å². The Morgan fingerprint density at radius 2 is 2.00 bits per heavy atom. The van der Waals surface area contributed by atoms with Crippen molar-refractivity contribution in [3.63, 3.8) is 0 Å². The molecule has 2 heteroatoms. The second-order valence-corrected chi connectivity index (χ2v) is 5.22. The fourth-order valence-corrected chi connectivity index (χ4v) is 2.11. The van der Waals surface area contributed by atoms with E-state index in [2.05, 4.69) is 38.0 Å². The first-order valence-corrected chi connectivity index (χ1v) is 6.60. The molecule has 15 heavy (non-hydrogen) atoms. The van der Waals surface area contributed by atoms with Crippen molar-refractivity contribution in [2.75, 3.05) is 20.1 Å². The standard InChI is InChI=1S/C13H28N2/c1-5-6-9-15(12-7-8-12)10-13(14-4)11(2)3/h11-14H,5-10H2,1-4H3. The molecule has 0 saturated heterocycles. The minimum absolute atomic E-state index is 0.655. The van der Waals surface area contributed by atoms with Gasteiger partial charge >= 0.3 is 0 Å². The Kier molecular flexibility index (Phi) is 5.62. The Balaban J connectivity index is 2.34. The summed E-state index contributed by atoms with van der Waals surface area (Å²) in [7, 11) is 2.09. The van der Waals surface area contributed by atoms with E-state index in [9.17, 15) is 0 Å². The fourth-order valence-electron chi connectivity index (χ4n) is 2.11. The number of unbranched alkanes of at least 4 members (excludes halogenated alkanes) is 1. The molecular weight excluding hydrogens is 184 g/mol. The summed E-state index contributed by atoms with van der Waals surface area (Å²) in [5.74, 6) is 0.734. The van der Waals surface area contributed by atoms with Crippen molar-refractivity contribution in [3.8, 4) is 0 Å². The quantitative estimate of drug-likeness (QED) is 0.665. The number of likely N-dealkylation sites (N-methyl/N-ethyl adjacent to an activating group) is 1. The molecule has 1 N–H and O–H groups in total. The molecule has 0 bridgehead atoms. The van der Waals surface area contributed by atoms with E-state index in [1.807, 2.05) is 0 Å². The summed E-state index contributed by atoms with van der Waals surface area (Å²) in [6.07, 6.45) is 5.52. The van der Waals surface area contributed by atoms with E-state index in [-0.39, 0.29) is 0 Å². The Hall–Kier alpha value is -0.0800. The lowest BCUT2D eigenvalue weighted by atomic mass is 10.0. The van der Waals surface area contributed by atoms with Gasteiger partial charge in [0.25, 0.3) is 0 Å². The molecule has 0 radical (unpaired) electrons. The van der Waals surface area contributed by atoms with Crippen LogP contribution in [0.5, 0.6) is 0 Å². The van der Waals surface area contributed by atoms with Crippen LogP contribution in [0.15, 0.2) is 0 Å². The Morgan fingerprint density at radius 1 is 1.33 bits per heavy atom.